The summed E-state index contributed by atoms with van der Waals surface area (Å²) in [6, 6.07) is 7.32. The van der Waals surface area contributed by atoms with Crippen LogP contribution in [0.3, 0.4) is 0 Å². The van der Waals surface area contributed by atoms with E-state index in [0.717, 1.165) is 0 Å². The largest absolute Gasteiger partial charge is 0.479 e. The summed E-state index contributed by atoms with van der Waals surface area (Å²) in [7, 11) is 1.18. The molecule has 0 spiro atoms. The van der Waals surface area contributed by atoms with Gasteiger partial charge in [-0.3, -0.25) is 0 Å². The molecule has 88 valence electrons. The van der Waals surface area contributed by atoms with Crippen LogP contribution >= 0.6 is 0 Å². The summed E-state index contributed by atoms with van der Waals surface area (Å²) in [4.78, 5) is 21.8. The smallest absolute Gasteiger partial charge is 0.407 e. The maximum absolute atomic E-state index is 10.9. The summed E-state index contributed by atoms with van der Waals surface area (Å²) < 4.78 is 4.34. The maximum atomic E-state index is 10.9. The van der Waals surface area contributed by atoms with Gasteiger partial charge in [-0.1, -0.05) is 37.8 Å². The SMILES string of the molecule is C.COC(=O)N[C@@H](C(=O)O)c1ccccc1. The van der Waals surface area contributed by atoms with Gasteiger partial charge in [-0.05, 0) is 5.56 Å². The predicted octanol–water partition coefficient (Wildman–Crippen LogP) is 1.80. The Kier molecular flexibility index (Phi) is 5.62. The van der Waals surface area contributed by atoms with E-state index in [2.05, 4.69) is 10.1 Å². The van der Waals surface area contributed by atoms with Crippen LogP contribution in [-0.2, 0) is 9.53 Å². The molecule has 0 heterocycles. The van der Waals surface area contributed by atoms with E-state index in [9.17, 15) is 9.59 Å². The maximum Gasteiger partial charge on any atom is 0.407 e. The van der Waals surface area contributed by atoms with E-state index in [4.69, 9.17) is 5.11 Å². The molecule has 1 atom stereocenters. The third-order valence-electron chi connectivity index (χ3n) is 1.83. The summed E-state index contributed by atoms with van der Waals surface area (Å²) in [5.41, 5.74) is 0.496. The molecule has 0 aromatic heterocycles. The molecule has 0 saturated carbocycles. The predicted molar refractivity (Wildman–Crippen MR) is 59.1 cm³/mol. The number of aliphatic carboxylic acids is 1. The van der Waals surface area contributed by atoms with E-state index < -0.39 is 18.1 Å². The first-order chi connectivity index (χ1) is 7.15. The lowest BCUT2D eigenvalue weighted by Gasteiger charge is -2.13. The number of carboxylic acids is 1. The van der Waals surface area contributed by atoms with Gasteiger partial charge < -0.3 is 15.2 Å². The third kappa shape index (κ3) is 3.61. The van der Waals surface area contributed by atoms with E-state index in [1.807, 2.05) is 0 Å². The first kappa shape index (κ1) is 14.0. The van der Waals surface area contributed by atoms with Gasteiger partial charge in [0.2, 0.25) is 0 Å². The second-order valence-electron chi connectivity index (χ2n) is 2.82. The van der Waals surface area contributed by atoms with E-state index >= 15 is 0 Å². The first-order valence-electron chi connectivity index (χ1n) is 4.27. The Morgan fingerprint density at radius 1 is 1.31 bits per heavy atom. The summed E-state index contributed by atoms with van der Waals surface area (Å²) in [6.45, 7) is 0. The van der Waals surface area contributed by atoms with Crippen LogP contribution in [0.5, 0.6) is 0 Å². The molecular formula is C11H15NO4. The number of methoxy groups -OCH3 is 1. The fourth-order valence-electron chi connectivity index (χ4n) is 1.11. The molecule has 0 aliphatic heterocycles. The van der Waals surface area contributed by atoms with Crippen molar-refractivity contribution in [3.63, 3.8) is 0 Å². The number of hydrogen-bond acceptors (Lipinski definition) is 3. The Balaban J connectivity index is 0.00000225. The highest BCUT2D eigenvalue weighted by Gasteiger charge is 2.21. The highest BCUT2D eigenvalue weighted by molar-refractivity contribution is 5.81. The minimum Gasteiger partial charge on any atom is -0.479 e. The molecule has 0 fully saturated rings. The second kappa shape index (κ2) is 6.44. The molecule has 5 heteroatoms. The van der Waals surface area contributed by atoms with Gasteiger partial charge in [-0.15, -0.1) is 0 Å². The number of carbonyl (C=O) groups is 2. The zero-order valence-electron chi connectivity index (χ0n) is 8.14. The zero-order valence-corrected chi connectivity index (χ0v) is 8.14. The lowest BCUT2D eigenvalue weighted by molar-refractivity contribution is -0.139. The topological polar surface area (TPSA) is 75.6 Å². The number of ether oxygens (including phenoxy) is 1. The average molecular weight is 225 g/mol. The second-order valence-corrected chi connectivity index (χ2v) is 2.82. The molecule has 1 aromatic carbocycles. The highest BCUT2D eigenvalue weighted by Crippen LogP contribution is 2.12. The number of carboxylic acid groups (broad SMARTS) is 1. The zero-order chi connectivity index (χ0) is 11.3. The first-order valence-corrected chi connectivity index (χ1v) is 4.27. The number of alkyl carbamates (subject to hydrolysis) is 1. The van der Waals surface area contributed by atoms with Crippen molar-refractivity contribution in [1.82, 2.24) is 5.32 Å². The number of carbonyl (C=O) groups excluding carboxylic acids is 1. The van der Waals surface area contributed by atoms with Crippen LogP contribution in [0.4, 0.5) is 4.79 Å². The van der Waals surface area contributed by atoms with E-state index in [-0.39, 0.29) is 7.43 Å². The van der Waals surface area contributed by atoms with Crippen molar-refractivity contribution in [2.45, 2.75) is 13.5 Å². The third-order valence-corrected chi connectivity index (χ3v) is 1.83. The quantitative estimate of drug-likeness (QED) is 0.822. The van der Waals surface area contributed by atoms with Gasteiger partial charge in [0.1, 0.15) is 0 Å². The van der Waals surface area contributed by atoms with Crippen molar-refractivity contribution >= 4 is 12.1 Å². The van der Waals surface area contributed by atoms with Gasteiger partial charge in [0, 0.05) is 0 Å². The molecule has 1 rings (SSSR count). The van der Waals surface area contributed by atoms with Crippen LogP contribution in [0.25, 0.3) is 0 Å². The Morgan fingerprint density at radius 2 is 1.88 bits per heavy atom. The van der Waals surface area contributed by atoms with E-state index in [0.29, 0.717) is 5.56 Å². The lowest BCUT2D eigenvalue weighted by Crippen LogP contribution is -2.33. The average Bonchev–Trinajstić information content (AvgIpc) is 2.26. The van der Waals surface area contributed by atoms with Crippen molar-refractivity contribution in [3.8, 4) is 0 Å². The fourth-order valence-corrected chi connectivity index (χ4v) is 1.11. The molecule has 16 heavy (non-hydrogen) atoms. The molecule has 1 amide bonds. The molecule has 2 N–H and O–H groups in total. The minimum absolute atomic E-state index is 0. The number of hydrogen-bond donors (Lipinski definition) is 2. The summed E-state index contributed by atoms with van der Waals surface area (Å²) in [5.74, 6) is -1.13. The van der Waals surface area contributed by atoms with Crippen molar-refractivity contribution in [2.24, 2.45) is 0 Å². The number of rotatable bonds is 3. The monoisotopic (exact) mass is 225 g/mol. The van der Waals surface area contributed by atoms with E-state index in [1.54, 1.807) is 30.3 Å². The number of amides is 1. The van der Waals surface area contributed by atoms with E-state index in [1.165, 1.54) is 7.11 Å². The minimum atomic E-state index is -1.13. The van der Waals surface area contributed by atoms with Crippen molar-refractivity contribution in [3.05, 3.63) is 35.9 Å². The molecule has 0 radical (unpaired) electrons. The Labute approximate surface area is 94.0 Å². The summed E-state index contributed by atoms with van der Waals surface area (Å²) in [6.07, 6.45) is -0.772. The van der Waals surface area contributed by atoms with Gasteiger partial charge in [0.25, 0.3) is 0 Å². The number of nitrogens with one attached hydrogen (secondary N) is 1. The van der Waals surface area contributed by atoms with Crippen LogP contribution in [-0.4, -0.2) is 24.3 Å². The van der Waals surface area contributed by atoms with Gasteiger partial charge in [-0.2, -0.15) is 0 Å². The Morgan fingerprint density at radius 3 is 2.31 bits per heavy atom. The van der Waals surface area contributed by atoms with Crippen LogP contribution < -0.4 is 5.32 Å². The molecule has 5 nitrogen and oxygen atoms in total. The molecular weight excluding hydrogens is 210 g/mol. The normalized spacial score (nSPS) is 10.8. The molecule has 0 aliphatic rings. The summed E-state index contributed by atoms with van der Waals surface area (Å²) >= 11 is 0. The van der Waals surface area contributed by atoms with Gasteiger partial charge >= 0.3 is 12.1 Å². The van der Waals surface area contributed by atoms with Crippen LogP contribution in [0.2, 0.25) is 0 Å². The Bertz CT molecular complexity index is 350. The van der Waals surface area contributed by atoms with Gasteiger partial charge in [0.15, 0.2) is 6.04 Å². The molecule has 0 bridgehead atoms. The lowest BCUT2D eigenvalue weighted by atomic mass is 10.1. The molecule has 1 aromatic rings. The van der Waals surface area contributed by atoms with Crippen molar-refractivity contribution in [1.29, 1.82) is 0 Å². The molecule has 0 aliphatic carbocycles. The van der Waals surface area contributed by atoms with Crippen molar-refractivity contribution < 1.29 is 19.4 Å². The molecule has 0 unspecified atom stereocenters. The fraction of sp³-hybridized carbons (Fsp3) is 0.273. The molecule has 0 saturated heterocycles. The standard InChI is InChI=1S/C10H11NO4.CH4/c1-15-10(14)11-8(9(12)13)7-5-3-2-4-6-7;/h2-6,8H,1H3,(H,11,14)(H,12,13);1H4/t8-;/m1./s1. The van der Waals surface area contributed by atoms with Crippen LogP contribution in [0.15, 0.2) is 30.3 Å². The van der Waals surface area contributed by atoms with Gasteiger partial charge in [0.05, 0.1) is 7.11 Å². The van der Waals surface area contributed by atoms with Crippen molar-refractivity contribution in [2.75, 3.05) is 7.11 Å². The van der Waals surface area contributed by atoms with Crippen LogP contribution in [0.1, 0.15) is 19.0 Å². The number of benzene rings is 1. The Hall–Kier alpha value is -2.04. The summed E-state index contributed by atoms with van der Waals surface area (Å²) in [5, 5.41) is 11.1. The van der Waals surface area contributed by atoms with Crippen LogP contribution in [0, 0.1) is 0 Å². The van der Waals surface area contributed by atoms with Gasteiger partial charge in [-0.25, -0.2) is 9.59 Å². The highest BCUT2D eigenvalue weighted by atomic mass is 16.5.